The Kier molecular flexibility index (Phi) is 7.55. The Morgan fingerprint density at radius 1 is 1.26 bits per heavy atom. The van der Waals surface area contributed by atoms with Crippen LogP contribution in [0, 0.1) is 0 Å². The van der Waals surface area contributed by atoms with Crippen LogP contribution in [0.2, 0.25) is 0 Å². The molecule has 1 aromatic heterocycles. The van der Waals surface area contributed by atoms with Crippen LogP contribution in [-0.4, -0.2) is 21.4 Å². The molecule has 2 N–H and O–H groups in total. The third kappa shape index (κ3) is 6.71. The Bertz CT molecular complexity index is 609. The van der Waals surface area contributed by atoms with Crippen molar-refractivity contribution < 1.29 is 0 Å². The molecule has 1 heterocycles. The van der Waals surface area contributed by atoms with Crippen molar-refractivity contribution in [3.8, 4) is 0 Å². The number of rotatable bonds is 8. The molecule has 1 aromatic carbocycles. The van der Waals surface area contributed by atoms with Crippen LogP contribution in [0.1, 0.15) is 31.7 Å². The van der Waals surface area contributed by atoms with Gasteiger partial charge in [0, 0.05) is 25.0 Å². The zero-order chi connectivity index (χ0) is 16.5. The number of benzene rings is 1. The molecule has 6 heteroatoms. The van der Waals surface area contributed by atoms with E-state index in [0.29, 0.717) is 5.11 Å². The number of hydrogen-bond donors (Lipinski definition) is 2. The third-order valence-electron chi connectivity index (χ3n) is 3.48. The van der Waals surface area contributed by atoms with E-state index < -0.39 is 0 Å². The average molecular weight is 395 g/mol. The first-order valence-corrected chi connectivity index (χ1v) is 9.19. The van der Waals surface area contributed by atoms with Crippen molar-refractivity contribution in [2.75, 3.05) is 11.9 Å². The van der Waals surface area contributed by atoms with Crippen LogP contribution in [0.5, 0.6) is 0 Å². The fourth-order valence-electron chi connectivity index (χ4n) is 2.21. The molecular weight excluding hydrogens is 372 g/mol. The van der Waals surface area contributed by atoms with Gasteiger partial charge in [-0.3, -0.25) is 4.68 Å². The number of nitrogens with one attached hydrogen (secondary N) is 2. The molecule has 2 aromatic rings. The Balaban J connectivity index is 1.66. The van der Waals surface area contributed by atoms with Crippen molar-refractivity contribution in [3.63, 3.8) is 0 Å². The van der Waals surface area contributed by atoms with Gasteiger partial charge in [0.2, 0.25) is 0 Å². The lowest BCUT2D eigenvalue weighted by molar-refractivity contribution is 0.573. The molecule has 0 radical (unpaired) electrons. The summed E-state index contributed by atoms with van der Waals surface area (Å²) in [5.41, 5.74) is 2.40. The zero-order valence-corrected chi connectivity index (χ0v) is 15.8. The van der Waals surface area contributed by atoms with Gasteiger partial charge < -0.3 is 10.6 Å². The first-order chi connectivity index (χ1) is 11.2. The van der Waals surface area contributed by atoms with Crippen molar-refractivity contribution >= 4 is 38.9 Å². The van der Waals surface area contributed by atoms with E-state index in [1.165, 1.54) is 18.4 Å². The van der Waals surface area contributed by atoms with Gasteiger partial charge in [0.15, 0.2) is 5.11 Å². The lowest BCUT2D eigenvalue weighted by Gasteiger charge is -2.11. The number of unbranched alkanes of at least 4 members (excludes halogenated alkanes) is 1. The van der Waals surface area contributed by atoms with Crippen molar-refractivity contribution in [2.45, 2.75) is 39.2 Å². The van der Waals surface area contributed by atoms with E-state index in [0.717, 1.165) is 36.1 Å². The van der Waals surface area contributed by atoms with Crippen LogP contribution >= 0.6 is 28.1 Å². The van der Waals surface area contributed by atoms with E-state index in [9.17, 15) is 0 Å². The molecule has 0 saturated heterocycles. The van der Waals surface area contributed by atoms with Gasteiger partial charge in [0.1, 0.15) is 0 Å². The first kappa shape index (κ1) is 17.9. The number of aryl methyl sites for hydroxylation is 2. The summed E-state index contributed by atoms with van der Waals surface area (Å²) in [6.07, 6.45) is 8.33. The molecule has 124 valence electrons. The van der Waals surface area contributed by atoms with Crippen molar-refractivity contribution in [3.05, 3.63) is 46.7 Å². The standard InChI is InChI=1S/C17H23BrN4S/c1-2-3-5-14-6-8-16(9-7-14)21-17(23)19-10-4-11-22-13-15(18)12-20-22/h6-9,12-13H,2-5,10-11H2,1H3,(H2,19,21,23). The quantitative estimate of drug-likeness (QED) is 0.515. The van der Waals surface area contributed by atoms with E-state index in [1.807, 2.05) is 10.9 Å². The minimum Gasteiger partial charge on any atom is -0.362 e. The monoisotopic (exact) mass is 394 g/mol. The fraction of sp³-hybridized carbons (Fsp3) is 0.412. The average Bonchev–Trinajstić information content (AvgIpc) is 2.96. The van der Waals surface area contributed by atoms with Crippen LogP contribution in [0.4, 0.5) is 5.69 Å². The molecule has 0 atom stereocenters. The normalized spacial score (nSPS) is 10.5. The molecule has 0 aliphatic heterocycles. The third-order valence-corrected chi connectivity index (χ3v) is 4.14. The highest BCUT2D eigenvalue weighted by atomic mass is 79.9. The van der Waals surface area contributed by atoms with Gasteiger partial charge in [-0.15, -0.1) is 0 Å². The molecule has 2 rings (SSSR count). The summed E-state index contributed by atoms with van der Waals surface area (Å²) in [6.45, 7) is 3.90. The van der Waals surface area contributed by atoms with Crippen molar-refractivity contribution in [1.29, 1.82) is 0 Å². The molecule has 0 fully saturated rings. The lowest BCUT2D eigenvalue weighted by atomic mass is 10.1. The Labute approximate surface area is 151 Å². The summed E-state index contributed by atoms with van der Waals surface area (Å²) >= 11 is 8.71. The maximum atomic E-state index is 5.32. The van der Waals surface area contributed by atoms with E-state index in [-0.39, 0.29) is 0 Å². The van der Waals surface area contributed by atoms with Crippen LogP contribution in [0.25, 0.3) is 0 Å². The maximum Gasteiger partial charge on any atom is 0.170 e. The molecule has 0 bridgehead atoms. The van der Waals surface area contributed by atoms with Crippen LogP contribution in [-0.2, 0) is 13.0 Å². The van der Waals surface area contributed by atoms with E-state index >= 15 is 0 Å². The van der Waals surface area contributed by atoms with Crippen LogP contribution < -0.4 is 10.6 Å². The second kappa shape index (κ2) is 9.67. The first-order valence-electron chi connectivity index (χ1n) is 7.99. The predicted molar refractivity (Wildman–Crippen MR) is 104 cm³/mol. The molecule has 4 nitrogen and oxygen atoms in total. The van der Waals surface area contributed by atoms with Gasteiger partial charge >= 0.3 is 0 Å². The van der Waals surface area contributed by atoms with Gasteiger partial charge in [-0.2, -0.15) is 5.10 Å². The highest BCUT2D eigenvalue weighted by Crippen LogP contribution is 2.11. The maximum absolute atomic E-state index is 5.32. The SMILES string of the molecule is CCCCc1ccc(NC(=S)NCCCn2cc(Br)cn2)cc1. The summed E-state index contributed by atoms with van der Waals surface area (Å²) in [7, 11) is 0. The van der Waals surface area contributed by atoms with Gasteiger partial charge in [0.25, 0.3) is 0 Å². The summed E-state index contributed by atoms with van der Waals surface area (Å²) in [6, 6.07) is 8.49. The summed E-state index contributed by atoms with van der Waals surface area (Å²) in [5.74, 6) is 0. The molecule has 0 saturated carbocycles. The lowest BCUT2D eigenvalue weighted by Crippen LogP contribution is -2.29. The zero-order valence-electron chi connectivity index (χ0n) is 13.4. The fourth-order valence-corrected chi connectivity index (χ4v) is 2.76. The molecular formula is C17H23BrN4S. The van der Waals surface area contributed by atoms with Gasteiger partial charge in [0.05, 0.1) is 10.7 Å². The molecule has 0 amide bonds. The smallest absolute Gasteiger partial charge is 0.170 e. The molecule has 0 aliphatic carbocycles. The number of anilines is 1. The highest BCUT2D eigenvalue weighted by molar-refractivity contribution is 9.10. The van der Waals surface area contributed by atoms with E-state index in [1.54, 1.807) is 6.20 Å². The number of aromatic nitrogens is 2. The summed E-state index contributed by atoms with van der Waals surface area (Å²) in [4.78, 5) is 0. The molecule has 0 unspecified atom stereocenters. The number of hydrogen-bond acceptors (Lipinski definition) is 2. The van der Waals surface area contributed by atoms with Gasteiger partial charge in [-0.25, -0.2) is 0 Å². The van der Waals surface area contributed by atoms with E-state index in [2.05, 4.69) is 62.9 Å². The van der Waals surface area contributed by atoms with Gasteiger partial charge in [-0.1, -0.05) is 25.5 Å². The Hall–Kier alpha value is -1.40. The largest absolute Gasteiger partial charge is 0.362 e. The topological polar surface area (TPSA) is 41.9 Å². The molecule has 0 aliphatic rings. The summed E-state index contributed by atoms with van der Waals surface area (Å²) in [5, 5.41) is 11.3. The van der Waals surface area contributed by atoms with Gasteiger partial charge in [-0.05, 0) is 65.1 Å². The minimum atomic E-state index is 0.660. The molecule has 23 heavy (non-hydrogen) atoms. The molecule has 0 spiro atoms. The minimum absolute atomic E-state index is 0.660. The Morgan fingerprint density at radius 3 is 2.70 bits per heavy atom. The van der Waals surface area contributed by atoms with Crippen LogP contribution in [0.15, 0.2) is 41.1 Å². The number of thiocarbonyl (C=S) groups is 1. The van der Waals surface area contributed by atoms with Crippen molar-refractivity contribution in [2.24, 2.45) is 0 Å². The van der Waals surface area contributed by atoms with E-state index in [4.69, 9.17) is 12.2 Å². The second-order valence-corrected chi connectivity index (χ2v) is 6.78. The number of halogens is 1. The Morgan fingerprint density at radius 2 is 2.04 bits per heavy atom. The predicted octanol–water partition coefficient (Wildman–Crippen LogP) is 4.36. The van der Waals surface area contributed by atoms with Crippen molar-refractivity contribution in [1.82, 2.24) is 15.1 Å². The summed E-state index contributed by atoms with van der Waals surface area (Å²) < 4.78 is 2.92. The van der Waals surface area contributed by atoms with Crippen LogP contribution in [0.3, 0.4) is 0 Å². The highest BCUT2D eigenvalue weighted by Gasteiger charge is 1.99. The second-order valence-electron chi connectivity index (χ2n) is 5.46. The number of nitrogens with zero attached hydrogens (tertiary/aromatic N) is 2.